The van der Waals surface area contributed by atoms with Crippen LogP contribution in [0.3, 0.4) is 0 Å². The number of aliphatic hydroxyl groups is 1. The lowest BCUT2D eigenvalue weighted by Crippen LogP contribution is -2.39. The molecule has 0 aromatic heterocycles. The van der Waals surface area contributed by atoms with E-state index in [4.69, 9.17) is 0 Å². The maximum absolute atomic E-state index is 9.88. The van der Waals surface area contributed by atoms with Crippen molar-refractivity contribution in [1.29, 1.82) is 0 Å². The minimum Gasteiger partial charge on any atom is -0.392 e. The molecule has 3 atom stereocenters. The molecule has 0 radical (unpaired) electrons. The quantitative estimate of drug-likeness (QED) is 0.747. The molecule has 0 aromatic rings. The second-order valence-electron chi connectivity index (χ2n) is 6.65. The van der Waals surface area contributed by atoms with Gasteiger partial charge in [0.1, 0.15) is 0 Å². The van der Waals surface area contributed by atoms with Crippen molar-refractivity contribution in [3.8, 4) is 0 Å². The van der Waals surface area contributed by atoms with Crippen LogP contribution < -0.4 is 5.32 Å². The summed E-state index contributed by atoms with van der Waals surface area (Å²) in [6.07, 6.45) is 9.25. The Kier molecular flexibility index (Phi) is 4.87. The Balaban J connectivity index is 1.64. The van der Waals surface area contributed by atoms with Gasteiger partial charge in [0.25, 0.3) is 0 Å². The van der Waals surface area contributed by atoms with Gasteiger partial charge in [-0.05, 0) is 49.9 Å². The minimum absolute atomic E-state index is 0.156. The third kappa shape index (κ3) is 4.59. The van der Waals surface area contributed by atoms with Crippen LogP contribution in [-0.4, -0.2) is 23.8 Å². The molecule has 2 aliphatic carbocycles. The molecule has 0 saturated heterocycles. The van der Waals surface area contributed by atoms with Crippen molar-refractivity contribution in [2.24, 2.45) is 17.8 Å². The first kappa shape index (κ1) is 13.4. The predicted molar refractivity (Wildman–Crippen MR) is 71.9 cm³/mol. The monoisotopic (exact) mass is 239 g/mol. The normalized spacial score (nSPS) is 31.8. The van der Waals surface area contributed by atoms with Crippen LogP contribution in [0.25, 0.3) is 0 Å². The summed E-state index contributed by atoms with van der Waals surface area (Å²) in [6, 6.07) is 0.677. The van der Waals surface area contributed by atoms with Crippen LogP contribution >= 0.6 is 0 Å². The van der Waals surface area contributed by atoms with E-state index in [1.807, 2.05) is 0 Å². The van der Waals surface area contributed by atoms with Crippen LogP contribution in [0.2, 0.25) is 0 Å². The smallest absolute Gasteiger partial charge is 0.0667 e. The molecule has 2 aliphatic rings. The molecule has 0 aromatic carbocycles. The highest BCUT2D eigenvalue weighted by molar-refractivity contribution is 4.88. The average molecular weight is 239 g/mol. The Morgan fingerprint density at radius 2 is 1.88 bits per heavy atom. The van der Waals surface area contributed by atoms with Crippen molar-refractivity contribution in [3.05, 3.63) is 0 Å². The van der Waals surface area contributed by atoms with Crippen molar-refractivity contribution >= 4 is 0 Å². The molecule has 0 amide bonds. The molecular weight excluding hydrogens is 210 g/mol. The number of aliphatic hydroxyl groups excluding tert-OH is 1. The molecule has 0 bridgehead atoms. The van der Waals surface area contributed by atoms with Gasteiger partial charge < -0.3 is 10.4 Å². The van der Waals surface area contributed by atoms with E-state index in [2.05, 4.69) is 19.2 Å². The Hall–Kier alpha value is -0.0800. The first-order chi connectivity index (χ1) is 8.15. The maximum Gasteiger partial charge on any atom is 0.0667 e. The van der Waals surface area contributed by atoms with Gasteiger partial charge in [0.15, 0.2) is 0 Å². The molecule has 0 spiro atoms. The van der Waals surface area contributed by atoms with Crippen molar-refractivity contribution in [1.82, 2.24) is 5.32 Å². The largest absolute Gasteiger partial charge is 0.392 e. The summed E-state index contributed by atoms with van der Waals surface area (Å²) in [5.74, 6) is 2.64. The second kappa shape index (κ2) is 6.19. The van der Waals surface area contributed by atoms with Crippen LogP contribution in [0, 0.1) is 17.8 Å². The van der Waals surface area contributed by atoms with E-state index in [0.717, 1.165) is 24.8 Å². The van der Waals surface area contributed by atoms with Gasteiger partial charge in [-0.2, -0.15) is 0 Å². The molecule has 3 unspecified atom stereocenters. The highest BCUT2D eigenvalue weighted by Crippen LogP contribution is 2.43. The van der Waals surface area contributed by atoms with Gasteiger partial charge in [-0.3, -0.25) is 0 Å². The summed E-state index contributed by atoms with van der Waals surface area (Å²) >= 11 is 0. The van der Waals surface area contributed by atoms with E-state index in [9.17, 15) is 5.11 Å². The predicted octanol–water partition coefficient (Wildman–Crippen LogP) is 2.95. The number of nitrogens with one attached hydrogen (secondary N) is 1. The molecule has 2 heteroatoms. The van der Waals surface area contributed by atoms with E-state index in [-0.39, 0.29) is 6.10 Å². The summed E-state index contributed by atoms with van der Waals surface area (Å²) in [7, 11) is 0. The zero-order valence-corrected chi connectivity index (χ0v) is 11.5. The summed E-state index contributed by atoms with van der Waals surface area (Å²) in [6.45, 7) is 5.14. The lowest BCUT2D eigenvalue weighted by Gasteiger charge is -2.30. The zero-order valence-electron chi connectivity index (χ0n) is 11.5. The van der Waals surface area contributed by atoms with Crippen molar-refractivity contribution in [2.45, 2.75) is 70.9 Å². The van der Waals surface area contributed by atoms with Gasteiger partial charge in [0, 0.05) is 12.6 Å². The first-order valence-corrected chi connectivity index (χ1v) is 7.56. The molecule has 0 heterocycles. The zero-order chi connectivity index (χ0) is 12.3. The van der Waals surface area contributed by atoms with E-state index in [1.165, 1.54) is 38.5 Å². The summed E-state index contributed by atoms with van der Waals surface area (Å²) in [5, 5.41) is 13.5. The van der Waals surface area contributed by atoms with Crippen molar-refractivity contribution in [2.75, 3.05) is 6.54 Å². The Labute approximate surface area is 106 Å². The molecule has 2 saturated carbocycles. The highest BCUT2D eigenvalue weighted by Gasteiger charge is 2.34. The molecule has 2 rings (SSSR count). The number of rotatable bonds is 6. The van der Waals surface area contributed by atoms with Crippen LogP contribution in [0.5, 0.6) is 0 Å². The minimum atomic E-state index is -0.156. The summed E-state index contributed by atoms with van der Waals surface area (Å²) < 4.78 is 0. The van der Waals surface area contributed by atoms with Gasteiger partial charge in [0.2, 0.25) is 0 Å². The fourth-order valence-corrected chi connectivity index (χ4v) is 3.34. The Morgan fingerprint density at radius 1 is 1.12 bits per heavy atom. The lowest BCUT2D eigenvalue weighted by molar-refractivity contribution is 0.135. The second-order valence-corrected chi connectivity index (χ2v) is 6.65. The fraction of sp³-hybridized carbons (Fsp3) is 1.00. The molecule has 2 nitrogen and oxygen atoms in total. The summed E-state index contributed by atoms with van der Waals surface area (Å²) in [5.41, 5.74) is 0. The van der Waals surface area contributed by atoms with Gasteiger partial charge in [-0.15, -0.1) is 0 Å². The van der Waals surface area contributed by atoms with E-state index < -0.39 is 0 Å². The van der Waals surface area contributed by atoms with Crippen LogP contribution in [0.15, 0.2) is 0 Å². The van der Waals surface area contributed by atoms with Gasteiger partial charge in [-0.1, -0.05) is 26.7 Å². The van der Waals surface area contributed by atoms with E-state index in [0.29, 0.717) is 12.0 Å². The third-order valence-electron chi connectivity index (χ3n) is 4.39. The molecule has 2 N–H and O–H groups in total. The molecule has 0 aliphatic heterocycles. The van der Waals surface area contributed by atoms with E-state index >= 15 is 0 Å². The third-order valence-corrected chi connectivity index (χ3v) is 4.39. The van der Waals surface area contributed by atoms with Crippen molar-refractivity contribution < 1.29 is 5.11 Å². The molecule has 2 fully saturated rings. The van der Waals surface area contributed by atoms with E-state index in [1.54, 1.807) is 0 Å². The van der Waals surface area contributed by atoms with Gasteiger partial charge in [-0.25, -0.2) is 0 Å². The number of hydrogen-bond acceptors (Lipinski definition) is 2. The molecule has 17 heavy (non-hydrogen) atoms. The van der Waals surface area contributed by atoms with Crippen LogP contribution in [-0.2, 0) is 0 Å². The molecule has 100 valence electrons. The maximum atomic E-state index is 9.88. The average Bonchev–Trinajstić information content (AvgIpc) is 3.10. The Bertz CT molecular complexity index is 225. The summed E-state index contributed by atoms with van der Waals surface area (Å²) in [4.78, 5) is 0. The van der Waals surface area contributed by atoms with Crippen LogP contribution in [0.1, 0.15) is 58.8 Å². The van der Waals surface area contributed by atoms with Gasteiger partial charge >= 0.3 is 0 Å². The topological polar surface area (TPSA) is 32.3 Å². The van der Waals surface area contributed by atoms with Crippen molar-refractivity contribution in [3.63, 3.8) is 0 Å². The van der Waals surface area contributed by atoms with Crippen LogP contribution in [0.4, 0.5) is 0 Å². The standard InChI is InChI=1S/C15H29NO/c1-11(2)8-15(17)10-16-14-5-3-4-13(9-14)12-6-7-12/h11-17H,3-10H2,1-2H3. The number of hydrogen-bond donors (Lipinski definition) is 2. The van der Waals surface area contributed by atoms with Gasteiger partial charge in [0.05, 0.1) is 6.10 Å². The highest BCUT2D eigenvalue weighted by atomic mass is 16.3. The Morgan fingerprint density at radius 3 is 2.53 bits per heavy atom. The fourth-order valence-electron chi connectivity index (χ4n) is 3.34. The first-order valence-electron chi connectivity index (χ1n) is 7.56. The lowest BCUT2D eigenvalue weighted by atomic mass is 9.82. The SMILES string of the molecule is CC(C)CC(O)CNC1CCCC(C2CC2)C1. The molecular formula is C15H29NO.